The van der Waals surface area contributed by atoms with Crippen LogP contribution in [0.25, 0.3) is 161 Å². The molecule has 3 aliphatic carbocycles. The van der Waals surface area contributed by atoms with Gasteiger partial charge in [0, 0.05) is 82.1 Å². The van der Waals surface area contributed by atoms with Gasteiger partial charge in [0.1, 0.15) is 0 Å². The molecule has 17 aromatic rings. The van der Waals surface area contributed by atoms with Crippen molar-refractivity contribution in [2.45, 2.75) is 57.8 Å². The quantitative estimate of drug-likeness (QED) is 0.166. The van der Waals surface area contributed by atoms with Crippen LogP contribution in [0.2, 0.25) is 0 Å². The molecule has 0 N–H and O–H groups in total. The first-order chi connectivity index (χ1) is 45.9. The predicted octanol–water partition coefficient (Wildman–Crippen LogP) is 22.8. The van der Waals surface area contributed by atoms with Crippen molar-refractivity contribution in [2.75, 3.05) is 0 Å². The lowest BCUT2D eigenvalue weighted by molar-refractivity contribution is 0.663. The molecular formula is C89H63N5. The highest BCUT2D eigenvalue weighted by atomic mass is 15.0. The standard InChI is InChI=1S/C89H63N5/c1-87(2)72-28-13-7-22-59(72)65-43-46-68-62-25-10-16-31-76(62)92(83(68)79(65)87)56-39-34-52(35-40-56)82-71-51-55(54-20-19-21-58(50-54)94-78-33-18-12-27-64(78)70-48-45-67-61-24-9-15-30-74(61)89(5,6)81(67)85(70)94)38-49-75(71)90-86(91-82)53-36-41-57(42-37-53)93-77-32-17-11-26-63(77)69-47-44-66-60-23-8-14-29-73(60)88(3,4)80(66)84(69)93/h7-51H,1-6H3. The van der Waals surface area contributed by atoms with Gasteiger partial charge < -0.3 is 13.7 Å². The minimum Gasteiger partial charge on any atom is -0.309 e. The van der Waals surface area contributed by atoms with Gasteiger partial charge in [-0.05, 0) is 157 Å². The number of nitrogens with zero attached hydrogens (tertiary/aromatic N) is 5. The van der Waals surface area contributed by atoms with Gasteiger partial charge in [-0.25, -0.2) is 9.97 Å². The van der Waals surface area contributed by atoms with Gasteiger partial charge in [-0.2, -0.15) is 0 Å². The molecule has 20 rings (SSSR count). The number of rotatable bonds is 6. The van der Waals surface area contributed by atoms with E-state index in [2.05, 4.69) is 328 Å². The fourth-order valence-corrected chi connectivity index (χ4v) is 17.8. The van der Waals surface area contributed by atoms with Crippen molar-refractivity contribution < 1.29 is 0 Å². The third-order valence-electron chi connectivity index (χ3n) is 22.0. The average Bonchev–Trinajstić information content (AvgIpc) is 1.55. The van der Waals surface area contributed by atoms with Gasteiger partial charge in [0.15, 0.2) is 5.82 Å². The Labute approximate surface area is 545 Å². The van der Waals surface area contributed by atoms with Crippen LogP contribution in [0.15, 0.2) is 273 Å². The second-order valence-electron chi connectivity index (χ2n) is 28.0. The van der Waals surface area contributed by atoms with Crippen molar-refractivity contribution in [3.05, 3.63) is 306 Å². The van der Waals surface area contributed by atoms with E-state index in [4.69, 9.17) is 9.97 Å². The number of hydrogen-bond acceptors (Lipinski definition) is 2. The van der Waals surface area contributed by atoms with E-state index >= 15 is 0 Å². The van der Waals surface area contributed by atoms with Crippen molar-refractivity contribution in [1.82, 2.24) is 23.7 Å². The molecule has 5 heteroatoms. The van der Waals surface area contributed by atoms with E-state index in [1.54, 1.807) is 0 Å². The van der Waals surface area contributed by atoms with Gasteiger partial charge in [0.25, 0.3) is 0 Å². The van der Waals surface area contributed by atoms with Crippen LogP contribution >= 0.6 is 0 Å². The Morgan fingerprint density at radius 1 is 0.255 bits per heavy atom. The molecule has 0 bridgehead atoms. The van der Waals surface area contributed by atoms with Crippen LogP contribution in [0.3, 0.4) is 0 Å². The topological polar surface area (TPSA) is 40.6 Å². The van der Waals surface area contributed by atoms with Gasteiger partial charge >= 0.3 is 0 Å². The van der Waals surface area contributed by atoms with Crippen LogP contribution < -0.4 is 0 Å². The lowest BCUT2D eigenvalue weighted by Crippen LogP contribution is -2.16. The molecule has 0 aliphatic heterocycles. The first-order valence-corrected chi connectivity index (χ1v) is 33.1. The maximum Gasteiger partial charge on any atom is 0.160 e. The van der Waals surface area contributed by atoms with Gasteiger partial charge in [-0.3, -0.25) is 0 Å². The molecule has 0 atom stereocenters. The summed E-state index contributed by atoms with van der Waals surface area (Å²) in [4.78, 5) is 11.2. The zero-order valence-corrected chi connectivity index (χ0v) is 53.2. The summed E-state index contributed by atoms with van der Waals surface area (Å²) in [7, 11) is 0. The molecule has 94 heavy (non-hydrogen) atoms. The van der Waals surface area contributed by atoms with Gasteiger partial charge in [0.2, 0.25) is 0 Å². The summed E-state index contributed by atoms with van der Waals surface area (Å²) in [5.41, 5.74) is 32.1. The summed E-state index contributed by atoms with van der Waals surface area (Å²) in [5.74, 6) is 0.677. The molecule has 0 radical (unpaired) electrons. The Hall–Kier alpha value is -11.4. The molecule has 4 aromatic heterocycles. The van der Waals surface area contributed by atoms with Crippen molar-refractivity contribution in [3.63, 3.8) is 0 Å². The number of para-hydroxylation sites is 3. The second kappa shape index (κ2) is 18.9. The molecule has 0 fully saturated rings. The van der Waals surface area contributed by atoms with Crippen molar-refractivity contribution in [3.8, 4) is 84.2 Å². The van der Waals surface area contributed by atoms with Crippen molar-refractivity contribution >= 4 is 76.3 Å². The minimum atomic E-state index is -0.205. The van der Waals surface area contributed by atoms with Crippen LogP contribution in [-0.4, -0.2) is 23.7 Å². The molecule has 3 aliphatic rings. The molecule has 0 saturated heterocycles. The largest absolute Gasteiger partial charge is 0.309 e. The Morgan fingerprint density at radius 2 is 0.638 bits per heavy atom. The predicted molar refractivity (Wildman–Crippen MR) is 392 cm³/mol. The second-order valence-corrected chi connectivity index (χ2v) is 28.0. The summed E-state index contributed by atoms with van der Waals surface area (Å²) >= 11 is 0. The zero-order valence-electron chi connectivity index (χ0n) is 53.2. The van der Waals surface area contributed by atoms with E-state index in [-0.39, 0.29) is 16.2 Å². The maximum absolute atomic E-state index is 5.70. The third-order valence-corrected chi connectivity index (χ3v) is 22.0. The fourth-order valence-electron chi connectivity index (χ4n) is 17.8. The lowest BCUT2D eigenvalue weighted by Gasteiger charge is -2.23. The van der Waals surface area contributed by atoms with E-state index in [1.807, 2.05) is 0 Å². The number of fused-ring (bicyclic) bond motifs is 22. The van der Waals surface area contributed by atoms with Crippen LogP contribution in [0.4, 0.5) is 0 Å². The van der Waals surface area contributed by atoms with E-state index in [0.717, 1.165) is 55.9 Å². The summed E-state index contributed by atoms with van der Waals surface area (Å²) in [6.07, 6.45) is 0. The maximum atomic E-state index is 5.70. The molecular weight excluding hydrogens is 1140 g/mol. The monoisotopic (exact) mass is 1200 g/mol. The summed E-state index contributed by atoms with van der Waals surface area (Å²) < 4.78 is 7.52. The number of benzene rings is 13. The highest BCUT2D eigenvalue weighted by Crippen LogP contribution is 2.57. The molecule has 0 spiro atoms. The Morgan fingerprint density at radius 3 is 1.10 bits per heavy atom. The lowest BCUT2D eigenvalue weighted by atomic mass is 9.81. The smallest absolute Gasteiger partial charge is 0.160 e. The Bertz CT molecular complexity index is 6180. The highest BCUT2D eigenvalue weighted by Gasteiger charge is 2.41. The third kappa shape index (κ3) is 7.08. The minimum absolute atomic E-state index is 0.196. The van der Waals surface area contributed by atoms with Gasteiger partial charge in [-0.1, -0.05) is 236 Å². The Kier molecular flexibility index (Phi) is 10.7. The molecule has 444 valence electrons. The Balaban J connectivity index is 0.759. The van der Waals surface area contributed by atoms with E-state index < -0.39 is 0 Å². The molecule has 0 unspecified atom stereocenters. The molecule has 0 amide bonds. The van der Waals surface area contributed by atoms with Crippen LogP contribution in [0, 0.1) is 0 Å². The van der Waals surface area contributed by atoms with Crippen LogP contribution in [-0.2, 0) is 16.2 Å². The van der Waals surface area contributed by atoms with Gasteiger partial charge in [-0.15, -0.1) is 0 Å². The molecule has 5 nitrogen and oxygen atoms in total. The summed E-state index contributed by atoms with van der Waals surface area (Å²) in [5, 5.41) is 8.54. The average molecular weight is 1200 g/mol. The fraction of sp³-hybridized carbons (Fsp3) is 0.101. The highest BCUT2D eigenvalue weighted by molar-refractivity contribution is 6.16. The van der Waals surface area contributed by atoms with Crippen molar-refractivity contribution in [2.24, 2.45) is 0 Å². The zero-order chi connectivity index (χ0) is 62.7. The van der Waals surface area contributed by atoms with E-state index in [0.29, 0.717) is 5.82 Å². The summed E-state index contributed by atoms with van der Waals surface area (Å²) in [6, 6.07) is 102. The number of hydrogen-bond donors (Lipinski definition) is 0. The van der Waals surface area contributed by atoms with Crippen LogP contribution in [0.1, 0.15) is 74.9 Å². The number of aromatic nitrogens is 5. The van der Waals surface area contributed by atoms with Crippen LogP contribution in [0.5, 0.6) is 0 Å². The van der Waals surface area contributed by atoms with E-state index in [1.165, 1.54) is 132 Å². The van der Waals surface area contributed by atoms with E-state index in [9.17, 15) is 0 Å². The normalized spacial score (nSPS) is 14.5. The molecule has 4 heterocycles. The first kappa shape index (κ1) is 53.3. The van der Waals surface area contributed by atoms with Gasteiger partial charge in [0.05, 0.1) is 44.3 Å². The first-order valence-electron chi connectivity index (χ1n) is 33.1. The SMILES string of the molecule is CC1(C)c2ccccc2-c2ccc3c4ccccc4n(-c4ccc(-c5nc(-c6ccc(-n7c8ccccc8c8ccc9c(c87)C(C)(C)c7ccccc7-9)cc6)c6cc(-c7cccc(-n8c9ccccc9c9ccc%10c(c98)C(C)(C)c8ccccc8-%10)c7)ccc6n5)cc4)c3c21. The summed E-state index contributed by atoms with van der Waals surface area (Å²) in [6.45, 7) is 14.3. The van der Waals surface area contributed by atoms with Crippen molar-refractivity contribution in [1.29, 1.82) is 0 Å². The molecule has 0 saturated carbocycles. The molecule has 13 aromatic carbocycles.